The summed E-state index contributed by atoms with van der Waals surface area (Å²) in [5.74, 6) is 1.01. The van der Waals surface area contributed by atoms with Gasteiger partial charge in [0, 0.05) is 21.2 Å². The van der Waals surface area contributed by atoms with Crippen LogP contribution < -0.4 is 5.32 Å². The van der Waals surface area contributed by atoms with E-state index in [1.165, 1.54) is 62.7 Å². The summed E-state index contributed by atoms with van der Waals surface area (Å²) in [6.45, 7) is 1.87. The predicted octanol–water partition coefficient (Wildman–Crippen LogP) is 10.2. The lowest BCUT2D eigenvalue weighted by Crippen LogP contribution is -2.11. The fourth-order valence-corrected chi connectivity index (χ4v) is 4.89. The number of halogens is 3. The van der Waals surface area contributed by atoms with Crippen LogP contribution in [0.1, 0.15) is 87.9 Å². The number of anilines is 1. The average Bonchev–Trinajstić information content (AvgIpc) is 2.77. The van der Waals surface area contributed by atoms with Crippen molar-refractivity contribution in [1.82, 2.24) is 0 Å². The fraction of sp³-hybridized carbons (Fsp3) is 0.519. The van der Waals surface area contributed by atoms with Gasteiger partial charge >= 0.3 is 0 Å². The van der Waals surface area contributed by atoms with Crippen LogP contribution in [0.15, 0.2) is 53.4 Å². The molecule has 182 valence electrons. The number of amides is 1. The van der Waals surface area contributed by atoms with Gasteiger partial charge in [0.2, 0.25) is 0 Å². The summed E-state index contributed by atoms with van der Waals surface area (Å²) in [4.78, 5) is 13.5. The molecule has 2 aromatic rings. The molecule has 33 heavy (non-hydrogen) atoms. The molecule has 0 aliphatic heterocycles. The predicted molar refractivity (Wildman–Crippen MR) is 147 cm³/mol. The molecule has 0 aliphatic rings. The summed E-state index contributed by atoms with van der Waals surface area (Å²) in [7, 11) is 0. The molecule has 0 radical (unpaired) electrons. The Kier molecular flexibility index (Phi) is 13.7. The molecule has 1 N–H and O–H groups in total. The number of nitrogens with one attached hydrogen (secondary N) is 1. The second-order valence-electron chi connectivity index (χ2n) is 8.69. The van der Waals surface area contributed by atoms with Crippen molar-refractivity contribution < 1.29 is 4.79 Å². The van der Waals surface area contributed by atoms with Gasteiger partial charge in [-0.25, -0.2) is 0 Å². The molecule has 0 heterocycles. The highest BCUT2D eigenvalue weighted by Crippen LogP contribution is 2.27. The Morgan fingerprint density at radius 1 is 0.788 bits per heavy atom. The minimum absolute atomic E-state index is 0.128. The molecule has 6 heteroatoms. The highest BCUT2D eigenvalue weighted by molar-refractivity contribution is 7.99. The molecule has 0 atom stereocenters. The Morgan fingerprint density at radius 3 is 1.85 bits per heavy atom. The maximum Gasteiger partial charge on any atom is 0.255 e. The van der Waals surface area contributed by atoms with Crippen LogP contribution in [-0.2, 0) is 0 Å². The lowest BCUT2D eigenvalue weighted by atomic mass is 10.1. The fourth-order valence-electron chi connectivity index (χ4n) is 3.58. The van der Waals surface area contributed by atoms with Crippen LogP contribution in [0.4, 0.5) is 5.69 Å². The molecular formula is C27H36Cl3NOS. The van der Waals surface area contributed by atoms with Crippen LogP contribution in [0.25, 0.3) is 0 Å². The first kappa shape index (κ1) is 28.4. The molecule has 0 saturated carbocycles. The van der Waals surface area contributed by atoms with E-state index in [-0.39, 0.29) is 5.91 Å². The first-order valence-electron chi connectivity index (χ1n) is 12.0. The zero-order valence-electron chi connectivity index (χ0n) is 19.6. The third-order valence-electron chi connectivity index (χ3n) is 5.50. The Morgan fingerprint density at radius 2 is 1.30 bits per heavy atom. The number of thioether (sulfide) groups is 1. The van der Waals surface area contributed by atoms with Gasteiger partial charge in [-0.3, -0.25) is 4.79 Å². The van der Waals surface area contributed by atoms with Crippen LogP contribution >= 0.6 is 46.6 Å². The number of hydrogen-bond acceptors (Lipinski definition) is 2. The van der Waals surface area contributed by atoms with Crippen molar-refractivity contribution >= 4 is 58.2 Å². The van der Waals surface area contributed by atoms with E-state index in [0.717, 1.165) is 24.3 Å². The van der Waals surface area contributed by atoms with Crippen molar-refractivity contribution in [2.45, 2.75) is 86.8 Å². The molecule has 0 aliphatic carbocycles. The third-order valence-corrected chi connectivity index (χ3v) is 7.23. The normalized spacial score (nSPS) is 11.5. The Bertz CT molecular complexity index is 804. The van der Waals surface area contributed by atoms with E-state index >= 15 is 0 Å². The van der Waals surface area contributed by atoms with E-state index in [4.69, 9.17) is 34.8 Å². The van der Waals surface area contributed by atoms with Crippen molar-refractivity contribution in [2.24, 2.45) is 0 Å². The SMILES string of the molecule is CC(Cl)(Cl)CCCCCCCCCCCCSc1ccc(NC(=O)c2ccc(Cl)cc2)cc1. The first-order valence-corrected chi connectivity index (χ1v) is 14.1. The molecule has 0 saturated heterocycles. The highest BCUT2D eigenvalue weighted by atomic mass is 35.5. The van der Waals surface area contributed by atoms with Crippen molar-refractivity contribution in [3.05, 3.63) is 59.1 Å². The van der Waals surface area contributed by atoms with E-state index in [9.17, 15) is 4.79 Å². The standard InChI is InChI=1S/C27H36Cl3NOS/c1-27(29,30)20-10-8-6-4-2-3-5-7-9-11-21-33-25-18-16-24(17-19-25)31-26(32)22-12-14-23(28)15-13-22/h12-19H,2-11,20-21H2,1H3,(H,31,32). The number of alkyl halides is 2. The number of hydrogen-bond donors (Lipinski definition) is 1. The molecule has 0 unspecified atom stereocenters. The number of unbranched alkanes of at least 4 members (excludes halogenated alkanes) is 9. The van der Waals surface area contributed by atoms with E-state index in [2.05, 4.69) is 17.4 Å². The van der Waals surface area contributed by atoms with Crippen LogP contribution in [0.3, 0.4) is 0 Å². The average molecular weight is 529 g/mol. The van der Waals surface area contributed by atoms with Gasteiger partial charge in [0.1, 0.15) is 4.33 Å². The lowest BCUT2D eigenvalue weighted by Gasteiger charge is -2.11. The Balaban J connectivity index is 1.47. The molecule has 0 fully saturated rings. The van der Waals surface area contributed by atoms with Gasteiger partial charge in [0.15, 0.2) is 0 Å². The lowest BCUT2D eigenvalue weighted by molar-refractivity contribution is 0.102. The summed E-state index contributed by atoms with van der Waals surface area (Å²) in [5.41, 5.74) is 1.40. The number of benzene rings is 2. The van der Waals surface area contributed by atoms with Gasteiger partial charge in [0.25, 0.3) is 5.91 Å². The molecule has 0 bridgehead atoms. The zero-order valence-corrected chi connectivity index (χ0v) is 22.6. The molecular weight excluding hydrogens is 493 g/mol. The van der Waals surface area contributed by atoms with Crippen LogP contribution in [0.5, 0.6) is 0 Å². The highest BCUT2D eigenvalue weighted by Gasteiger charge is 2.14. The summed E-state index contributed by atoms with van der Waals surface area (Å²) in [5, 5.41) is 3.55. The maximum absolute atomic E-state index is 12.3. The van der Waals surface area contributed by atoms with E-state index in [1.807, 2.05) is 30.8 Å². The van der Waals surface area contributed by atoms with Crippen molar-refractivity contribution in [2.75, 3.05) is 11.1 Å². The van der Waals surface area contributed by atoms with E-state index in [0.29, 0.717) is 10.6 Å². The molecule has 2 nitrogen and oxygen atoms in total. The van der Waals surface area contributed by atoms with Crippen molar-refractivity contribution in [1.29, 1.82) is 0 Å². The molecule has 2 aromatic carbocycles. The van der Waals surface area contributed by atoms with Crippen LogP contribution in [0, 0.1) is 0 Å². The minimum atomic E-state index is -0.558. The minimum Gasteiger partial charge on any atom is -0.322 e. The third kappa shape index (κ3) is 13.6. The Hall–Kier alpha value is -0.870. The van der Waals surface area contributed by atoms with Gasteiger partial charge in [0.05, 0.1) is 0 Å². The molecule has 0 aromatic heterocycles. The van der Waals surface area contributed by atoms with Gasteiger partial charge in [-0.1, -0.05) is 69.4 Å². The topological polar surface area (TPSA) is 29.1 Å². The first-order chi connectivity index (χ1) is 15.8. The van der Waals surface area contributed by atoms with E-state index in [1.54, 1.807) is 24.3 Å². The molecule has 2 rings (SSSR count). The van der Waals surface area contributed by atoms with E-state index < -0.39 is 4.33 Å². The van der Waals surface area contributed by atoms with Gasteiger partial charge in [-0.2, -0.15) is 0 Å². The monoisotopic (exact) mass is 527 g/mol. The van der Waals surface area contributed by atoms with Gasteiger partial charge in [-0.05, 0) is 74.0 Å². The number of rotatable bonds is 16. The second-order valence-corrected chi connectivity index (χ2v) is 12.2. The zero-order chi connectivity index (χ0) is 23.9. The molecule has 1 amide bonds. The van der Waals surface area contributed by atoms with Gasteiger partial charge in [-0.15, -0.1) is 35.0 Å². The van der Waals surface area contributed by atoms with Crippen molar-refractivity contribution in [3.63, 3.8) is 0 Å². The number of carbonyl (C=O) groups excluding carboxylic acids is 1. The van der Waals surface area contributed by atoms with Crippen LogP contribution in [0.2, 0.25) is 5.02 Å². The van der Waals surface area contributed by atoms with Gasteiger partial charge < -0.3 is 5.32 Å². The molecule has 0 spiro atoms. The Labute approximate surface area is 219 Å². The summed E-state index contributed by atoms with van der Waals surface area (Å²) >= 11 is 19.7. The number of carbonyl (C=O) groups is 1. The smallest absolute Gasteiger partial charge is 0.255 e. The summed E-state index contributed by atoms with van der Waals surface area (Å²) in [6.07, 6.45) is 13.8. The largest absolute Gasteiger partial charge is 0.322 e. The summed E-state index contributed by atoms with van der Waals surface area (Å²) in [6, 6.07) is 15.0. The quantitative estimate of drug-likeness (QED) is 0.133. The maximum atomic E-state index is 12.3. The van der Waals surface area contributed by atoms with Crippen molar-refractivity contribution in [3.8, 4) is 0 Å². The second kappa shape index (κ2) is 15.9. The van der Waals surface area contributed by atoms with Crippen LogP contribution in [-0.4, -0.2) is 16.0 Å². The summed E-state index contributed by atoms with van der Waals surface area (Å²) < 4.78 is -0.558.